The molecule has 0 radical (unpaired) electrons. The number of benzene rings is 3. The molecule has 208 valence electrons. The molecule has 1 aliphatic rings. The first kappa shape index (κ1) is 27.5. The third-order valence-corrected chi connectivity index (χ3v) is 7.29. The number of para-hydroxylation sites is 2. The summed E-state index contributed by atoms with van der Waals surface area (Å²) in [4.78, 5) is 27.4. The summed E-state index contributed by atoms with van der Waals surface area (Å²) in [6, 6.07) is 23.1. The van der Waals surface area contributed by atoms with Crippen LogP contribution in [0.5, 0.6) is 0 Å². The number of ether oxygens (including phenoxy) is 2. The lowest BCUT2D eigenvalue weighted by Gasteiger charge is -2.41. The Morgan fingerprint density at radius 2 is 1.68 bits per heavy atom. The second kappa shape index (κ2) is 12.4. The van der Waals surface area contributed by atoms with Crippen molar-refractivity contribution in [3.63, 3.8) is 0 Å². The van der Waals surface area contributed by atoms with E-state index in [1.165, 1.54) is 0 Å². The zero-order chi connectivity index (χ0) is 28.1. The number of nitrogens with one attached hydrogen (secondary N) is 1. The maximum atomic E-state index is 12.2. The Hall–Kier alpha value is -4.05. The zero-order valence-corrected chi connectivity index (χ0v) is 22.3. The summed E-state index contributed by atoms with van der Waals surface area (Å²) in [5, 5.41) is 21.1. The van der Waals surface area contributed by atoms with Crippen LogP contribution in [0.2, 0.25) is 0 Å². The molecule has 5 rings (SSSR count). The number of fused-ring (bicyclic) bond motifs is 1. The number of carboxylic acids is 1. The van der Waals surface area contributed by atoms with Gasteiger partial charge < -0.3 is 29.6 Å². The van der Waals surface area contributed by atoms with Gasteiger partial charge in [-0.3, -0.25) is 9.59 Å². The van der Waals surface area contributed by atoms with E-state index in [0.29, 0.717) is 12.2 Å². The third kappa shape index (κ3) is 6.39. The van der Waals surface area contributed by atoms with E-state index in [4.69, 9.17) is 14.6 Å². The van der Waals surface area contributed by atoms with E-state index in [1.54, 1.807) is 12.1 Å². The monoisotopic (exact) mass is 543 g/mol. The molecule has 0 saturated carbocycles. The van der Waals surface area contributed by atoms with Crippen molar-refractivity contribution >= 4 is 28.6 Å². The first-order valence-corrected chi connectivity index (χ1v) is 13.4. The summed E-state index contributed by atoms with van der Waals surface area (Å²) in [7, 11) is 0. The number of aliphatic carboxylic acids is 1. The zero-order valence-electron chi connectivity index (χ0n) is 22.3. The molecule has 1 amide bonds. The largest absolute Gasteiger partial charge is 0.481 e. The van der Waals surface area contributed by atoms with E-state index >= 15 is 0 Å². The highest BCUT2D eigenvalue weighted by Gasteiger charge is 2.38. The molecule has 0 aliphatic carbocycles. The van der Waals surface area contributed by atoms with Gasteiger partial charge in [0.2, 0.25) is 5.91 Å². The third-order valence-electron chi connectivity index (χ3n) is 7.29. The predicted molar refractivity (Wildman–Crippen MR) is 149 cm³/mol. The normalized spacial score (nSPS) is 20.9. The van der Waals surface area contributed by atoms with Gasteiger partial charge in [-0.25, -0.2) is 4.98 Å². The molecule has 1 saturated heterocycles. The molecule has 2 heterocycles. The number of aliphatic hydroxyl groups is 1. The van der Waals surface area contributed by atoms with Crippen molar-refractivity contribution in [2.75, 3.05) is 5.32 Å². The maximum absolute atomic E-state index is 12.2. The van der Waals surface area contributed by atoms with E-state index < -0.39 is 12.3 Å². The molecule has 4 atom stereocenters. The van der Waals surface area contributed by atoms with Crippen molar-refractivity contribution < 1.29 is 29.3 Å². The van der Waals surface area contributed by atoms with Crippen LogP contribution < -0.4 is 5.32 Å². The van der Waals surface area contributed by atoms with Gasteiger partial charge in [0.05, 0.1) is 42.7 Å². The average molecular weight is 544 g/mol. The molecule has 0 bridgehead atoms. The second-order valence-electron chi connectivity index (χ2n) is 10.1. The number of nitrogens with zero attached hydrogens (tertiary/aromatic N) is 2. The summed E-state index contributed by atoms with van der Waals surface area (Å²) in [5.74, 6) is -1.13. The van der Waals surface area contributed by atoms with Crippen LogP contribution in [0.4, 0.5) is 5.69 Å². The number of carboxylic acid groups (broad SMARTS) is 1. The lowest BCUT2D eigenvalue weighted by Crippen LogP contribution is -2.39. The minimum atomic E-state index is -0.916. The van der Waals surface area contributed by atoms with Crippen LogP contribution in [0.15, 0.2) is 79.1 Å². The molecule has 1 aromatic heterocycles. The first-order valence-electron chi connectivity index (χ1n) is 13.4. The maximum Gasteiger partial charge on any atom is 0.303 e. The van der Waals surface area contributed by atoms with Crippen molar-refractivity contribution in [3.8, 4) is 0 Å². The average Bonchev–Trinajstić information content (AvgIpc) is 3.37. The molecule has 0 spiro atoms. The summed E-state index contributed by atoms with van der Waals surface area (Å²) in [6.07, 6.45) is 1.15. The van der Waals surface area contributed by atoms with Crippen LogP contribution in [-0.2, 0) is 32.2 Å². The van der Waals surface area contributed by atoms with Crippen LogP contribution in [0, 0.1) is 5.92 Å². The Balaban J connectivity index is 1.35. The van der Waals surface area contributed by atoms with Gasteiger partial charge in [0.15, 0.2) is 6.29 Å². The molecule has 9 nitrogen and oxygen atoms in total. The van der Waals surface area contributed by atoms with Crippen LogP contribution >= 0.6 is 0 Å². The van der Waals surface area contributed by atoms with E-state index in [0.717, 1.165) is 27.7 Å². The van der Waals surface area contributed by atoms with Crippen LogP contribution in [0.3, 0.4) is 0 Å². The molecule has 4 aromatic rings. The van der Waals surface area contributed by atoms with E-state index in [-0.39, 0.29) is 49.9 Å². The first-order chi connectivity index (χ1) is 19.4. The number of amides is 1. The number of anilines is 1. The fourth-order valence-electron chi connectivity index (χ4n) is 5.02. The number of rotatable bonds is 10. The van der Waals surface area contributed by atoms with Crippen molar-refractivity contribution in [2.45, 2.75) is 57.8 Å². The highest BCUT2D eigenvalue weighted by molar-refractivity contribution is 5.90. The van der Waals surface area contributed by atoms with Crippen molar-refractivity contribution in [1.82, 2.24) is 9.55 Å². The number of aliphatic hydroxyl groups excluding tert-OH is 1. The Kier molecular flexibility index (Phi) is 8.54. The van der Waals surface area contributed by atoms with E-state index in [9.17, 15) is 14.7 Å². The van der Waals surface area contributed by atoms with E-state index in [1.807, 2.05) is 67.0 Å². The summed E-state index contributed by atoms with van der Waals surface area (Å²) in [6.45, 7) is 2.69. The molecule has 3 N–H and O–H groups in total. The topological polar surface area (TPSA) is 123 Å². The highest BCUT2D eigenvalue weighted by Crippen LogP contribution is 2.42. The Morgan fingerprint density at radius 1 is 0.950 bits per heavy atom. The lowest BCUT2D eigenvalue weighted by atomic mass is 9.90. The SMILES string of the molecule is C[C@H]1[C@@H](Cn2cnc3ccccc32)O[C@@H](c2ccc(NC(=O)CCCC(=O)O)cc2)O[C@H]1c1ccc(CO)cc1. The smallest absolute Gasteiger partial charge is 0.303 e. The van der Waals surface area contributed by atoms with Gasteiger partial charge in [-0.15, -0.1) is 0 Å². The van der Waals surface area contributed by atoms with Gasteiger partial charge in [0.1, 0.15) is 0 Å². The molecular weight excluding hydrogens is 510 g/mol. The molecule has 1 fully saturated rings. The fourth-order valence-corrected chi connectivity index (χ4v) is 5.02. The van der Waals surface area contributed by atoms with Gasteiger partial charge in [0.25, 0.3) is 0 Å². The number of hydrogen-bond acceptors (Lipinski definition) is 6. The van der Waals surface area contributed by atoms with Gasteiger partial charge in [-0.1, -0.05) is 55.5 Å². The predicted octanol–water partition coefficient (Wildman–Crippen LogP) is 5.21. The van der Waals surface area contributed by atoms with E-state index in [2.05, 4.69) is 21.8 Å². The number of hydrogen-bond donors (Lipinski definition) is 3. The van der Waals surface area contributed by atoms with Gasteiger partial charge in [-0.05, 0) is 41.8 Å². The van der Waals surface area contributed by atoms with Gasteiger partial charge in [0, 0.05) is 30.0 Å². The Labute approximate surface area is 232 Å². The molecule has 0 unspecified atom stereocenters. The quantitative estimate of drug-likeness (QED) is 0.251. The Bertz CT molecular complexity index is 1450. The molecular formula is C31H33N3O6. The fraction of sp³-hybridized carbons (Fsp3) is 0.323. The summed E-state index contributed by atoms with van der Waals surface area (Å²) in [5.41, 5.74) is 5.23. The Morgan fingerprint density at radius 3 is 2.40 bits per heavy atom. The lowest BCUT2D eigenvalue weighted by molar-refractivity contribution is -0.276. The number of imidazole rings is 1. The van der Waals surface area contributed by atoms with Crippen molar-refractivity contribution in [3.05, 3.63) is 95.8 Å². The van der Waals surface area contributed by atoms with Crippen LogP contribution in [0.1, 0.15) is 55.3 Å². The summed E-state index contributed by atoms with van der Waals surface area (Å²) >= 11 is 0. The molecule has 40 heavy (non-hydrogen) atoms. The van der Waals surface area contributed by atoms with Crippen molar-refractivity contribution in [1.29, 1.82) is 0 Å². The van der Waals surface area contributed by atoms with Crippen LogP contribution in [0.25, 0.3) is 11.0 Å². The number of carbonyl (C=O) groups excluding carboxylic acids is 1. The van der Waals surface area contributed by atoms with Crippen molar-refractivity contribution in [2.24, 2.45) is 5.92 Å². The minimum absolute atomic E-state index is 0.0155. The van der Waals surface area contributed by atoms with Crippen LogP contribution in [-0.4, -0.2) is 37.7 Å². The van der Waals surface area contributed by atoms with Gasteiger partial charge >= 0.3 is 5.97 Å². The minimum Gasteiger partial charge on any atom is -0.481 e. The second-order valence-corrected chi connectivity index (χ2v) is 10.1. The van der Waals surface area contributed by atoms with Gasteiger partial charge in [-0.2, -0.15) is 0 Å². The molecule has 9 heteroatoms. The molecule has 3 aromatic carbocycles. The number of carbonyl (C=O) groups is 2. The standard InChI is InChI=1S/C31H33N3O6/c1-20-27(17-34-19-32-25-5-2-3-6-26(25)34)39-31(40-30(20)22-11-9-21(18-35)10-12-22)23-13-15-24(16-14-23)33-28(36)7-4-8-29(37)38/h2-3,5-6,9-16,19-20,27,30-31,35H,4,7-8,17-18H2,1H3,(H,33,36)(H,37,38)/t20-,27+,30+,31+/m0/s1. The highest BCUT2D eigenvalue weighted by atomic mass is 16.7. The molecule has 1 aliphatic heterocycles. The summed E-state index contributed by atoms with van der Waals surface area (Å²) < 4.78 is 15.2. The number of aromatic nitrogens is 2.